The van der Waals surface area contributed by atoms with Crippen LogP contribution in [0.1, 0.15) is 29.2 Å². The molecule has 3 aromatic rings. The zero-order valence-corrected chi connectivity index (χ0v) is 14.8. The first-order valence-corrected chi connectivity index (χ1v) is 8.55. The number of methoxy groups -OCH3 is 1. The van der Waals surface area contributed by atoms with Crippen molar-refractivity contribution in [2.24, 2.45) is 0 Å². The van der Waals surface area contributed by atoms with Gasteiger partial charge in [-0.1, -0.05) is 6.07 Å². The first-order valence-electron chi connectivity index (χ1n) is 8.55. The van der Waals surface area contributed by atoms with Crippen LogP contribution in [0.2, 0.25) is 0 Å². The van der Waals surface area contributed by atoms with E-state index in [0.717, 1.165) is 0 Å². The molecule has 0 aliphatic heterocycles. The summed E-state index contributed by atoms with van der Waals surface area (Å²) in [7, 11) is 1.42. The Bertz CT molecular complexity index is 1020. The summed E-state index contributed by atoms with van der Waals surface area (Å²) in [5, 5.41) is 10.3. The number of carbonyl (C=O) groups is 1. The Morgan fingerprint density at radius 3 is 2.89 bits per heavy atom. The monoisotopic (exact) mass is 386 g/mol. The average Bonchev–Trinajstić information content (AvgIpc) is 3.16. The van der Waals surface area contributed by atoms with Crippen molar-refractivity contribution in [1.82, 2.24) is 24.7 Å². The van der Waals surface area contributed by atoms with Gasteiger partial charge in [-0.05, 0) is 30.7 Å². The molecule has 0 saturated heterocycles. The minimum Gasteiger partial charge on any atom is -0.480 e. The van der Waals surface area contributed by atoms with Gasteiger partial charge in [0.05, 0.1) is 7.11 Å². The van der Waals surface area contributed by atoms with Gasteiger partial charge in [-0.15, -0.1) is 10.2 Å². The maximum Gasteiger partial charge on any atom is 0.268 e. The van der Waals surface area contributed by atoms with Crippen LogP contribution in [0.3, 0.4) is 0 Å². The van der Waals surface area contributed by atoms with Crippen LogP contribution in [0.25, 0.3) is 11.5 Å². The average molecular weight is 386 g/mol. The van der Waals surface area contributed by atoms with Gasteiger partial charge in [0.1, 0.15) is 29.4 Å². The van der Waals surface area contributed by atoms with Crippen molar-refractivity contribution in [2.75, 3.05) is 12.4 Å². The number of anilines is 1. The Balaban J connectivity index is 1.60. The number of nitrogens with one attached hydrogen (secondary N) is 1. The molecule has 0 radical (unpaired) electrons. The Kier molecular flexibility index (Phi) is 4.46. The summed E-state index contributed by atoms with van der Waals surface area (Å²) in [5.41, 5.74) is 0.575. The second kappa shape index (κ2) is 6.95. The van der Waals surface area contributed by atoms with Crippen LogP contribution in [0.5, 0.6) is 5.88 Å². The first-order chi connectivity index (χ1) is 13.5. The van der Waals surface area contributed by atoms with Gasteiger partial charge in [-0.3, -0.25) is 4.79 Å². The fraction of sp³-hybridized carbons (Fsp3) is 0.278. The molecule has 3 aromatic heterocycles. The fourth-order valence-electron chi connectivity index (χ4n) is 3.03. The third kappa shape index (κ3) is 3.17. The van der Waals surface area contributed by atoms with E-state index in [0.29, 0.717) is 12.1 Å². The van der Waals surface area contributed by atoms with E-state index in [2.05, 4.69) is 25.5 Å². The molecule has 0 unspecified atom stereocenters. The largest absolute Gasteiger partial charge is 0.480 e. The summed E-state index contributed by atoms with van der Waals surface area (Å²) in [6.45, 7) is 0. The lowest BCUT2D eigenvalue weighted by molar-refractivity contribution is -0.122. The Morgan fingerprint density at radius 2 is 2.18 bits per heavy atom. The summed E-state index contributed by atoms with van der Waals surface area (Å²) >= 11 is 0. The molecule has 1 atom stereocenters. The van der Waals surface area contributed by atoms with E-state index >= 15 is 0 Å². The van der Waals surface area contributed by atoms with Crippen molar-refractivity contribution in [1.29, 1.82) is 0 Å². The van der Waals surface area contributed by atoms with Gasteiger partial charge in [0.15, 0.2) is 5.82 Å². The Morgan fingerprint density at radius 1 is 1.32 bits per heavy atom. The van der Waals surface area contributed by atoms with E-state index in [4.69, 9.17) is 4.74 Å². The van der Waals surface area contributed by atoms with Gasteiger partial charge < -0.3 is 14.6 Å². The zero-order valence-electron chi connectivity index (χ0n) is 14.8. The molecule has 0 bridgehead atoms. The van der Waals surface area contributed by atoms with Crippen LogP contribution in [0.4, 0.5) is 14.6 Å². The number of hydrogen-bond acceptors (Lipinski definition) is 6. The number of rotatable bonds is 5. The topological polar surface area (TPSA) is 94.8 Å². The molecule has 1 aliphatic carbocycles. The molecule has 28 heavy (non-hydrogen) atoms. The predicted octanol–water partition coefficient (Wildman–Crippen LogP) is 2.97. The highest BCUT2D eigenvalue weighted by atomic mass is 19.3. The Hall–Kier alpha value is -3.43. The van der Waals surface area contributed by atoms with Gasteiger partial charge in [0.25, 0.3) is 11.8 Å². The molecule has 1 aliphatic rings. The van der Waals surface area contributed by atoms with Gasteiger partial charge in [-0.25, -0.2) is 18.7 Å². The molecule has 3 heterocycles. The number of aromatic nitrogens is 5. The van der Waals surface area contributed by atoms with Crippen LogP contribution < -0.4 is 10.1 Å². The lowest BCUT2D eigenvalue weighted by Gasteiger charge is -2.37. The maximum absolute atomic E-state index is 13.8. The summed E-state index contributed by atoms with van der Waals surface area (Å²) in [6.07, 6.45) is 2.97. The van der Waals surface area contributed by atoms with E-state index in [-0.39, 0.29) is 29.5 Å². The smallest absolute Gasteiger partial charge is 0.268 e. The van der Waals surface area contributed by atoms with Gasteiger partial charge in [0, 0.05) is 12.6 Å². The predicted molar refractivity (Wildman–Crippen MR) is 95.2 cm³/mol. The van der Waals surface area contributed by atoms with Crippen molar-refractivity contribution >= 4 is 11.7 Å². The number of hydrogen-bond donors (Lipinski definition) is 1. The Labute approximate surface area is 158 Å². The third-order valence-corrected chi connectivity index (χ3v) is 4.58. The summed E-state index contributed by atoms with van der Waals surface area (Å²) in [4.78, 5) is 20.8. The summed E-state index contributed by atoms with van der Waals surface area (Å²) in [6, 6.07) is 7.05. The van der Waals surface area contributed by atoms with Crippen molar-refractivity contribution < 1.29 is 18.3 Å². The van der Waals surface area contributed by atoms with E-state index < -0.39 is 17.9 Å². The highest BCUT2D eigenvalue weighted by molar-refractivity contribution is 6.05. The number of pyridine rings is 2. The van der Waals surface area contributed by atoms with Crippen molar-refractivity contribution in [3.05, 3.63) is 48.4 Å². The van der Waals surface area contributed by atoms with Crippen molar-refractivity contribution in [3.63, 3.8) is 0 Å². The number of amides is 1. The second-order valence-corrected chi connectivity index (χ2v) is 6.30. The molecule has 0 spiro atoms. The van der Waals surface area contributed by atoms with E-state index in [1.165, 1.54) is 24.2 Å². The van der Waals surface area contributed by atoms with Gasteiger partial charge >= 0.3 is 0 Å². The van der Waals surface area contributed by atoms with E-state index in [1.807, 2.05) is 0 Å². The van der Waals surface area contributed by atoms with Gasteiger partial charge in [0.2, 0.25) is 5.88 Å². The maximum atomic E-state index is 13.8. The highest BCUT2D eigenvalue weighted by Gasteiger charge is 2.50. The van der Waals surface area contributed by atoms with E-state index in [9.17, 15) is 13.6 Å². The van der Waals surface area contributed by atoms with Crippen LogP contribution in [-0.2, 0) is 0 Å². The van der Waals surface area contributed by atoms with Crippen LogP contribution in [0, 0.1) is 0 Å². The first kappa shape index (κ1) is 18.0. The number of ether oxygens (including phenoxy) is 1. The second-order valence-electron chi connectivity index (χ2n) is 6.30. The lowest BCUT2D eigenvalue weighted by atomic mass is 9.87. The van der Waals surface area contributed by atoms with Crippen LogP contribution in [0.15, 0.2) is 42.9 Å². The molecule has 1 N–H and O–H groups in total. The zero-order chi connectivity index (χ0) is 19.7. The number of carbonyl (C=O) groups excluding carboxylic acids is 1. The minimum absolute atomic E-state index is 0.161. The fourth-order valence-corrected chi connectivity index (χ4v) is 3.03. The molecule has 1 saturated carbocycles. The minimum atomic E-state index is -2.79. The van der Waals surface area contributed by atoms with Crippen molar-refractivity contribution in [3.8, 4) is 17.4 Å². The number of alkyl halides is 2. The molecular weight excluding hydrogens is 370 g/mol. The third-order valence-electron chi connectivity index (χ3n) is 4.58. The van der Waals surface area contributed by atoms with Crippen molar-refractivity contribution in [2.45, 2.75) is 24.8 Å². The molecular formula is C18H16F2N6O2. The SMILES string of the molecule is COc1ncccc1C(=O)Nc1cccc(-c2nncn2[C@H]2CCC2(F)F)n1. The highest BCUT2D eigenvalue weighted by Crippen LogP contribution is 2.47. The molecule has 0 aromatic carbocycles. The molecule has 8 nitrogen and oxygen atoms in total. The lowest BCUT2D eigenvalue weighted by Crippen LogP contribution is -2.40. The molecule has 4 rings (SSSR count). The molecule has 1 fully saturated rings. The van der Waals surface area contributed by atoms with E-state index in [1.54, 1.807) is 30.3 Å². The normalized spacial score (nSPS) is 17.6. The molecule has 144 valence electrons. The summed E-state index contributed by atoms with van der Waals surface area (Å²) < 4.78 is 34.0. The summed E-state index contributed by atoms with van der Waals surface area (Å²) in [5.74, 6) is -2.60. The molecule has 1 amide bonds. The molecule has 10 heteroatoms. The standard InChI is InChI=1S/C18H16F2N6O2/c1-28-17-11(4-3-9-21-17)16(27)24-14-6-2-5-12(23-14)15-25-22-10-26(15)13-7-8-18(13,19)20/h2-6,9-10,13H,7-8H2,1H3,(H,23,24,27)/t13-/m0/s1. The quantitative estimate of drug-likeness (QED) is 0.724. The van der Waals surface area contributed by atoms with Crippen LogP contribution >= 0.6 is 0 Å². The number of halogens is 2. The van der Waals surface area contributed by atoms with Gasteiger partial charge in [-0.2, -0.15) is 0 Å². The van der Waals surface area contributed by atoms with Crippen LogP contribution in [-0.4, -0.2) is 43.7 Å². The number of nitrogens with zero attached hydrogens (tertiary/aromatic N) is 5.